The SMILES string of the molecule is Cc1c(CNc2ccc3ncoc3c2)cnn1C. The zero-order valence-corrected chi connectivity index (χ0v) is 10.3. The van der Waals surface area contributed by atoms with Crippen molar-refractivity contribution in [1.29, 1.82) is 0 Å². The predicted octanol–water partition coefficient (Wildman–Crippen LogP) is 2.48. The van der Waals surface area contributed by atoms with Crippen molar-refractivity contribution in [2.24, 2.45) is 7.05 Å². The van der Waals surface area contributed by atoms with Crippen LogP contribution in [-0.2, 0) is 13.6 Å². The molecule has 18 heavy (non-hydrogen) atoms. The Kier molecular flexibility index (Phi) is 2.51. The highest BCUT2D eigenvalue weighted by Crippen LogP contribution is 2.18. The molecular weight excluding hydrogens is 228 g/mol. The Bertz CT molecular complexity index is 683. The van der Waals surface area contributed by atoms with Gasteiger partial charge < -0.3 is 9.73 Å². The van der Waals surface area contributed by atoms with E-state index in [0.717, 1.165) is 23.3 Å². The average Bonchev–Trinajstić information content (AvgIpc) is 2.96. The van der Waals surface area contributed by atoms with Gasteiger partial charge >= 0.3 is 0 Å². The minimum absolute atomic E-state index is 0.749. The van der Waals surface area contributed by atoms with E-state index in [1.807, 2.05) is 36.1 Å². The Balaban J connectivity index is 1.78. The van der Waals surface area contributed by atoms with Gasteiger partial charge in [-0.05, 0) is 19.1 Å². The van der Waals surface area contributed by atoms with Crippen molar-refractivity contribution >= 4 is 16.8 Å². The van der Waals surface area contributed by atoms with Crippen molar-refractivity contribution in [2.75, 3.05) is 5.32 Å². The molecule has 0 amide bonds. The minimum Gasteiger partial charge on any atom is -0.443 e. The van der Waals surface area contributed by atoms with E-state index in [9.17, 15) is 0 Å². The Morgan fingerprint density at radius 3 is 3.06 bits per heavy atom. The van der Waals surface area contributed by atoms with Crippen LogP contribution >= 0.6 is 0 Å². The van der Waals surface area contributed by atoms with Crippen LogP contribution in [-0.4, -0.2) is 14.8 Å². The first-order valence-electron chi connectivity index (χ1n) is 5.78. The fourth-order valence-electron chi connectivity index (χ4n) is 1.88. The number of nitrogens with one attached hydrogen (secondary N) is 1. The molecule has 0 atom stereocenters. The number of benzene rings is 1. The first kappa shape index (κ1) is 10.8. The topological polar surface area (TPSA) is 55.9 Å². The zero-order valence-electron chi connectivity index (χ0n) is 10.3. The molecule has 92 valence electrons. The van der Waals surface area contributed by atoms with Crippen LogP contribution in [0.3, 0.4) is 0 Å². The normalized spacial score (nSPS) is 11.0. The van der Waals surface area contributed by atoms with Gasteiger partial charge in [0.05, 0.1) is 6.20 Å². The van der Waals surface area contributed by atoms with Crippen LogP contribution in [0.2, 0.25) is 0 Å². The van der Waals surface area contributed by atoms with Gasteiger partial charge in [-0.15, -0.1) is 0 Å². The molecule has 0 bridgehead atoms. The highest BCUT2D eigenvalue weighted by Gasteiger charge is 2.04. The lowest BCUT2D eigenvalue weighted by molar-refractivity contribution is 0.602. The van der Waals surface area contributed by atoms with Crippen LogP contribution in [0.15, 0.2) is 35.2 Å². The molecule has 0 fully saturated rings. The first-order valence-corrected chi connectivity index (χ1v) is 5.78. The zero-order chi connectivity index (χ0) is 12.5. The third-order valence-corrected chi connectivity index (χ3v) is 3.15. The highest BCUT2D eigenvalue weighted by molar-refractivity contribution is 5.76. The van der Waals surface area contributed by atoms with Gasteiger partial charge in [0.2, 0.25) is 0 Å². The van der Waals surface area contributed by atoms with Crippen molar-refractivity contribution in [3.05, 3.63) is 42.0 Å². The fraction of sp³-hybridized carbons (Fsp3) is 0.231. The van der Waals surface area contributed by atoms with Crippen LogP contribution in [0.4, 0.5) is 5.69 Å². The largest absolute Gasteiger partial charge is 0.443 e. The van der Waals surface area contributed by atoms with E-state index in [2.05, 4.69) is 22.3 Å². The standard InChI is InChI=1S/C13H14N4O/c1-9-10(7-16-17(9)2)6-14-11-3-4-12-13(5-11)18-8-15-12/h3-5,7-8,14H,6H2,1-2H3. The fourth-order valence-corrected chi connectivity index (χ4v) is 1.88. The van der Waals surface area contributed by atoms with Crippen LogP contribution in [0.25, 0.3) is 11.1 Å². The molecule has 0 saturated carbocycles. The van der Waals surface area contributed by atoms with E-state index in [0.29, 0.717) is 0 Å². The summed E-state index contributed by atoms with van der Waals surface area (Å²) >= 11 is 0. The quantitative estimate of drug-likeness (QED) is 0.766. The predicted molar refractivity (Wildman–Crippen MR) is 69.3 cm³/mol. The summed E-state index contributed by atoms with van der Waals surface area (Å²) < 4.78 is 7.14. The van der Waals surface area contributed by atoms with Gasteiger partial charge in [0, 0.05) is 36.6 Å². The van der Waals surface area contributed by atoms with Gasteiger partial charge in [0.15, 0.2) is 12.0 Å². The molecule has 3 aromatic rings. The van der Waals surface area contributed by atoms with E-state index in [1.165, 1.54) is 17.7 Å². The van der Waals surface area contributed by atoms with E-state index >= 15 is 0 Å². The molecule has 0 unspecified atom stereocenters. The summed E-state index contributed by atoms with van der Waals surface area (Å²) in [6.45, 7) is 2.81. The number of fused-ring (bicyclic) bond motifs is 1. The summed E-state index contributed by atoms with van der Waals surface area (Å²) in [6.07, 6.45) is 3.34. The Morgan fingerprint density at radius 1 is 1.39 bits per heavy atom. The number of oxazole rings is 1. The number of rotatable bonds is 3. The second-order valence-corrected chi connectivity index (χ2v) is 4.27. The van der Waals surface area contributed by atoms with Crippen LogP contribution in [0.5, 0.6) is 0 Å². The lowest BCUT2D eigenvalue weighted by Gasteiger charge is -2.05. The second kappa shape index (κ2) is 4.18. The number of hydrogen-bond donors (Lipinski definition) is 1. The summed E-state index contributed by atoms with van der Waals surface area (Å²) in [6, 6.07) is 5.89. The number of nitrogens with zero attached hydrogens (tertiary/aromatic N) is 3. The van der Waals surface area contributed by atoms with Crippen molar-refractivity contribution in [2.45, 2.75) is 13.5 Å². The summed E-state index contributed by atoms with van der Waals surface area (Å²) in [5, 5.41) is 7.57. The number of anilines is 1. The summed E-state index contributed by atoms with van der Waals surface area (Å²) in [5.41, 5.74) is 5.04. The molecule has 0 aliphatic heterocycles. The Labute approximate surface area is 104 Å². The van der Waals surface area contributed by atoms with Crippen molar-refractivity contribution in [1.82, 2.24) is 14.8 Å². The Hall–Kier alpha value is -2.30. The van der Waals surface area contributed by atoms with Gasteiger partial charge in [-0.3, -0.25) is 4.68 Å². The maximum Gasteiger partial charge on any atom is 0.181 e. The molecule has 2 aromatic heterocycles. The summed E-state index contributed by atoms with van der Waals surface area (Å²) in [7, 11) is 1.94. The number of aryl methyl sites for hydroxylation is 1. The van der Waals surface area contributed by atoms with Gasteiger partial charge in [-0.1, -0.05) is 0 Å². The first-order chi connectivity index (χ1) is 8.74. The molecule has 0 saturated heterocycles. The number of hydrogen-bond acceptors (Lipinski definition) is 4. The van der Waals surface area contributed by atoms with Gasteiger partial charge in [0.25, 0.3) is 0 Å². The van der Waals surface area contributed by atoms with E-state index in [4.69, 9.17) is 4.42 Å². The lowest BCUT2D eigenvalue weighted by atomic mass is 10.2. The molecule has 2 heterocycles. The monoisotopic (exact) mass is 242 g/mol. The van der Waals surface area contributed by atoms with Crippen molar-refractivity contribution in [3.63, 3.8) is 0 Å². The maximum atomic E-state index is 5.27. The average molecular weight is 242 g/mol. The Morgan fingerprint density at radius 2 is 2.28 bits per heavy atom. The van der Waals surface area contributed by atoms with Gasteiger partial charge in [0.1, 0.15) is 5.52 Å². The van der Waals surface area contributed by atoms with Crippen LogP contribution < -0.4 is 5.32 Å². The third kappa shape index (κ3) is 1.84. The molecule has 0 radical (unpaired) electrons. The third-order valence-electron chi connectivity index (χ3n) is 3.15. The van der Waals surface area contributed by atoms with Gasteiger partial charge in [-0.2, -0.15) is 5.10 Å². The lowest BCUT2D eigenvalue weighted by Crippen LogP contribution is -2.01. The van der Waals surface area contributed by atoms with Crippen molar-refractivity contribution in [3.8, 4) is 0 Å². The van der Waals surface area contributed by atoms with E-state index in [1.54, 1.807) is 0 Å². The smallest absolute Gasteiger partial charge is 0.181 e. The molecule has 0 aliphatic carbocycles. The molecule has 1 aromatic carbocycles. The maximum absolute atomic E-state index is 5.27. The second-order valence-electron chi connectivity index (χ2n) is 4.27. The summed E-state index contributed by atoms with van der Waals surface area (Å²) in [4.78, 5) is 4.09. The van der Waals surface area contributed by atoms with Crippen LogP contribution in [0.1, 0.15) is 11.3 Å². The van der Waals surface area contributed by atoms with Crippen molar-refractivity contribution < 1.29 is 4.42 Å². The van der Waals surface area contributed by atoms with E-state index in [-0.39, 0.29) is 0 Å². The molecule has 0 spiro atoms. The minimum atomic E-state index is 0.749. The highest BCUT2D eigenvalue weighted by atomic mass is 16.3. The molecule has 5 nitrogen and oxygen atoms in total. The van der Waals surface area contributed by atoms with Gasteiger partial charge in [-0.25, -0.2) is 4.98 Å². The molecule has 0 aliphatic rings. The number of aromatic nitrogens is 3. The molecule has 5 heteroatoms. The summed E-state index contributed by atoms with van der Waals surface area (Å²) in [5.74, 6) is 0. The van der Waals surface area contributed by atoms with Crippen LogP contribution in [0, 0.1) is 6.92 Å². The van der Waals surface area contributed by atoms with E-state index < -0.39 is 0 Å². The molecule has 1 N–H and O–H groups in total. The molecular formula is C13H14N4O. The molecule has 3 rings (SSSR count).